The highest BCUT2D eigenvalue weighted by atomic mass is 16.5. The van der Waals surface area contributed by atoms with Gasteiger partial charge in [-0.3, -0.25) is 14.9 Å². The predicted octanol–water partition coefficient (Wildman–Crippen LogP) is 2.08. The quantitative estimate of drug-likeness (QED) is 0.676. The first-order valence-electron chi connectivity index (χ1n) is 9.47. The van der Waals surface area contributed by atoms with Gasteiger partial charge in [0.05, 0.1) is 5.54 Å². The summed E-state index contributed by atoms with van der Waals surface area (Å²) in [6.45, 7) is 8.00. The standard InChI is InChI=1S/C21H27N3O4/c1-13(26)22-11-21(4)10-9-14-15-5-8-18(28-17(15)7-6-16(14)21)20(2,3)24-19(27)23-12-25/h6-8,12H,5,9-11H2,1-4H3,(H,22,26)(H2,23,24,25,27). The Morgan fingerprint density at radius 3 is 2.71 bits per heavy atom. The number of amides is 4. The Morgan fingerprint density at radius 2 is 2.04 bits per heavy atom. The summed E-state index contributed by atoms with van der Waals surface area (Å²) in [6.07, 6.45) is 4.97. The topological polar surface area (TPSA) is 96.5 Å². The second-order valence-corrected chi connectivity index (χ2v) is 8.25. The Morgan fingerprint density at radius 1 is 1.29 bits per heavy atom. The van der Waals surface area contributed by atoms with E-state index in [0.29, 0.717) is 25.1 Å². The molecule has 7 nitrogen and oxygen atoms in total. The summed E-state index contributed by atoms with van der Waals surface area (Å²) >= 11 is 0. The van der Waals surface area contributed by atoms with Crippen molar-refractivity contribution in [3.8, 4) is 5.75 Å². The Labute approximate surface area is 164 Å². The Bertz CT molecular complexity index is 859. The fraction of sp³-hybridized carbons (Fsp3) is 0.476. The first-order chi connectivity index (χ1) is 13.2. The molecule has 0 bridgehead atoms. The molecule has 4 amide bonds. The van der Waals surface area contributed by atoms with E-state index in [4.69, 9.17) is 4.74 Å². The second-order valence-electron chi connectivity index (χ2n) is 8.25. The van der Waals surface area contributed by atoms with Crippen LogP contribution < -0.4 is 20.7 Å². The van der Waals surface area contributed by atoms with E-state index in [1.807, 2.05) is 26.0 Å². The predicted molar refractivity (Wildman–Crippen MR) is 105 cm³/mol. The molecule has 0 saturated carbocycles. The number of ether oxygens (including phenoxy) is 1. The van der Waals surface area contributed by atoms with Crippen LogP contribution in [0.15, 0.2) is 24.0 Å². The largest absolute Gasteiger partial charge is 0.459 e. The molecule has 0 aromatic heterocycles. The van der Waals surface area contributed by atoms with Crippen LogP contribution in [0.2, 0.25) is 0 Å². The normalized spacial score (nSPS) is 20.2. The second kappa shape index (κ2) is 7.30. The maximum absolute atomic E-state index is 11.7. The Kier molecular flexibility index (Phi) is 5.19. The van der Waals surface area contributed by atoms with Crippen molar-refractivity contribution in [1.82, 2.24) is 16.0 Å². The van der Waals surface area contributed by atoms with Crippen molar-refractivity contribution in [3.05, 3.63) is 40.7 Å². The number of benzene rings is 1. The first-order valence-corrected chi connectivity index (χ1v) is 9.47. The van der Waals surface area contributed by atoms with Crippen molar-refractivity contribution in [1.29, 1.82) is 0 Å². The van der Waals surface area contributed by atoms with Gasteiger partial charge in [-0.1, -0.05) is 13.0 Å². The summed E-state index contributed by atoms with van der Waals surface area (Å²) in [4.78, 5) is 33.5. The van der Waals surface area contributed by atoms with Gasteiger partial charge in [0.25, 0.3) is 0 Å². The van der Waals surface area contributed by atoms with Gasteiger partial charge in [0.2, 0.25) is 12.3 Å². The summed E-state index contributed by atoms with van der Waals surface area (Å²) in [5.74, 6) is 1.42. The number of allylic oxidation sites excluding steroid dienone is 1. The van der Waals surface area contributed by atoms with Crippen LogP contribution in [0.5, 0.6) is 5.75 Å². The van der Waals surface area contributed by atoms with Crippen molar-refractivity contribution >= 4 is 18.3 Å². The summed E-state index contributed by atoms with van der Waals surface area (Å²) in [5, 5.41) is 7.77. The van der Waals surface area contributed by atoms with Gasteiger partial charge in [0.15, 0.2) is 0 Å². The molecule has 1 aliphatic carbocycles. The minimum absolute atomic E-state index is 0.0168. The molecule has 0 spiro atoms. The van der Waals surface area contributed by atoms with Crippen LogP contribution in [0.1, 0.15) is 50.8 Å². The lowest BCUT2D eigenvalue weighted by molar-refractivity contribution is -0.119. The van der Waals surface area contributed by atoms with Crippen molar-refractivity contribution in [3.63, 3.8) is 0 Å². The monoisotopic (exact) mass is 385 g/mol. The van der Waals surface area contributed by atoms with Crippen LogP contribution >= 0.6 is 0 Å². The number of hydrogen-bond donors (Lipinski definition) is 3. The van der Waals surface area contributed by atoms with Crippen molar-refractivity contribution in [2.75, 3.05) is 6.54 Å². The van der Waals surface area contributed by atoms with Crippen LogP contribution in [0.3, 0.4) is 0 Å². The number of carbonyl (C=O) groups excluding carboxylic acids is 3. The van der Waals surface area contributed by atoms with E-state index in [0.717, 1.165) is 18.6 Å². The molecule has 150 valence electrons. The van der Waals surface area contributed by atoms with Crippen LogP contribution in [-0.2, 0) is 27.8 Å². The van der Waals surface area contributed by atoms with Gasteiger partial charge >= 0.3 is 6.03 Å². The average molecular weight is 385 g/mol. The minimum Gasteiger partial charge on any atom is -0.459 e. The number of rotatable bonds is 5. The molecule has 2 aliphatic rings. The van der Waals surface area contributed by atoms with E-state index in [9.17, 15) is 14.4 Å². The van der Waals surface area contributed by atoms with Gasteiger partial charge in [-0.2, -0.15) is 0 Å². The number of nitrogens with one attached hydrogen (secondary N) is 3. The van der Waals surface area contributed by atoms with Gasteiger partial charge in [-0.05, 0) is 56.4 Å². The summed E-state index contributed by atoms with van der Waals surface area (Å²) in [6, 6.07) is 3.49. The molecule has 0 saturated heterocycles. The molecule has 1 aromatic carbocycles. The zero-order valence-electron chi connectivity index (χ0n) is 16.8. The third kappa shape index (κ3) is 3.74. The molecule has 7 heteroatoms. The zero-order chi connectivity index (χ0) is 20.5. The number of hydrogen-bond acceptors (Lipinski definition) is 4. The van der Waals surface area contributed by atoms with Crippen LogP contribution in [-0.4, -0.2) is 30.4 Å². The maximum Gasteiger partial charge on any atom is 0.322 e. The van der Waals surface area contributed by atoms with Crippen LogP contribution in [0.4, 0.5) is 4.79 Å². The highest BCUT2D eigenvalue weighted by Gasteiger charge is 2.38. The average Bonchev–Trinajstić information content (AvgIpc) is 2.97. The first kappa shape index (κ1) is 19.9. The lowest BCUT2D eigenvalue weighted by Crippen LogP contribution is -2.50. The molecule has 1 atom stereocenters. The Hall–Kier alpha value is -2.83. The van der Waals surface area contributed by atoms with E-state index < -0.39 is 11.6 Å². The van der Waals surface area contributed by atoms with Crippen LogP contribution in [0, 0.1) is 0 Å². The SMILES string of the molecule is CC(=O)NCC1(C)CCc2c1ccc1c2CC=C(C(C)(C)NC(=O)NC=O)O1. The summed E-state index contributed by atoms with van der Waals surface area (Å²) in [5.41, 5.74) is 2.89. The van der Waals surface area contributed by atoms with Gasteiger partial charge in [0, 0.05) is 24.4 Å². The van der Waals surface area contributed by atoms with Gasteiger partial charge in [-0.15, -0.1) is 0 Å². The molecule has 3 rings (SSSR count). The third-order valence-corrected chi connectivity index (χ3v) is 5.64. The molecule has 1 aromatic rings. The molecule has 28 heavy (non-hydrogen) atoms. The van der Waals surface area contributed by atoms with E-state index in [-0.39, 0.29) is 11.3 Å². The van der Waals surface area contributed by atoms with E-state index in [1.165, 1.54) is 23.6 Å². The van der Waals surface area contributed by atoms with Gasteiger partial charge < -0.3 is 15.4 Å². The van der Waals surface area contributed by atoms with E-state index >= 15 is 0 Å². The summed E-state index contributed by atoms with van der Waals surface area (Å²) < 4.78 is 6.13. The zero-order valence-corrected chi connectivity index (χ0v) is 16.8. The number of carbonyl (C=O) groups is 3. The fourth-order valence-electron chi connectivity index (χ4n) is 4.05. The molecule has 3 N–H and O–H groups in total. The molecule has 1 unspecified atom stereocenters. The Balaban J connectivity index is 1.82. The van der Waals surface area contributed by atoms with E-state index in [1.54, 1.807) is 0 Å². The van der Waals surface area contributed by atoms with Crippen molar-refractivity contribution in [2.45, 2.75) is 57.9 Å². The van der Waals surface area contributed by atoms with Crippen LogP contribution in [0.25, 0.3) is 0 Å². The molecule has 1 aliphatic heterocycles. The van der Waals surface area contributed by atoms with Gasteiger partial charge in [0.1, 0.15) is 11.5 Å². The minimum atomic E-state index is -0.760. The van der Waals surface area contributed by atoms with Crippen molar-refractivity contribution in [2.24, 2.45) is 0 Å². The van der Waals surface area contributed by atoms with E-state index in [2.05, 4.69) is 28.9 Å². The number of urea groups is 1. The molecular formula is C21H27N3O4. The smallest absolute Gasteiger partial charge is 0.322 e. The highest BCUT2D eigenvalue weighted by Crippen LogP contribution is 2.44. The third-order valence-electron chi connectivity index (χ3n) is 5.64. The molecule has 0 radical (unpaired) electrons. The lowest BCUT2D eigenvalue weighted by atomic mass is 9.83. The highest BCUT2D eigenvalue weighted by molar-refractivity contribution is 5.85. The molecule has 0 fully saturated rings. The number of fused-ring (bicyclic) bond motifs is 3. The van der Waals surface area contributed by atoms with Crippen molar-refractivity contribution < 1.29 is 19.1 Å². The molecular weight excluding hydrogens is 358 g/mol. The molecule has 1 heterocycles. The summed E-state index contributed by atoms with van der Waals surface area (Å²) in [7, 11) is 0. The lowest BCUT2D eigenvalue weighted by Gasteiger charge is -2.32. The van der Waals surface area contributed by atoms with Gasteiger partial charge in [-0.25, -0.2) is 4.79 Å². The fourth-order valence-corrected chi connectivity index (χ4v) is 4.05. The number of imide groups is 1. The maximum atomic E-state index is 11.7.